The van der Waals surface area contributed by atoms with Crippen molar-refractivity contribution in [3.05, 3.63) is 62.3 Å². The van der Waals surface area contributed by atoms with Gasteiger partial charge in [0.25, 0.3) is 5.56 Å². The van der Waals surface area contributed by atoms with E-state index in [0.29, 0.717) is 24.4 Å². The predicted molar refractivity (Wildman–Crippen MR) is 78.5 cm³/mol. The molecule has 2 aromatic rings. The highest BCUT2D eigenvalue weighted by molar-refractivity contribution is 5.34. The van der Waals surface area contributed by atoms with E-state index in [1.807, 2.05) is 0 Å². The van der Waals surface area contributed by atoms with Crippen LogP contribution in [0.2, 0.25) is 0 Å². The summed E-state index contributed by atoms with van der Waals surface area (Å²) in [6.07, 6.45) is 0.555. The summed E-state index contributed by atoms with van der Waals surface area (Å²) in [7, 11) is 0. The van der Waals surface area contributed by atoms with E-state index in [1.54, 1.807) is 17.9 Å². The van der Waals surface area contributed by atoms with Crippen LogP contribution in [0.1, 0.15) is 28.2 Å². The van der Waals surface area contributed by atoms with Gasteiger partial charge >= 0.3 is 0 Å². The number of rotatable bonds is 2. The van der Waals surface area contributed by atoms with Gasteiger partial charge < -0.3 is 4.98 Å². The molecule has 23 heavy (non-hydrogen) atoms. The smallest absolute Gasteiger partial charge is 0.255 e. The van der Waals surface area contributed by atoms with Gasteiger partial charge in [-0.3, -0.25) is 9.69 Å². The zero-order chi connectivity index (χ0) is 16.6. The third-order valence-corrected chi connectivity index (χ3v) is 3.92. The summed E-state index contributed by atoms with van der Waals surface area (Å²) in [6, 6.07) is 3.76. The Morgan fingerprint density at radius 1 is 1.39 bits per heavy atom. The van der Waals surface area contributed by atoms with Crippen molar-refractivity contribution in [2.24, 2.45) is 0 Å². The molecule has 0 fully saturated rings. The lowest BCUT2D eigenvalue weighted by atomic mass is 10.0. The summed E-state index contributed by atoms with van der Waals surface area (Å²) in [6.45, 7) is 2.60. The number of halogens is 2. The topological polar surface area (TPSA) is 72.8 Å². The summed E-state index contributed by atoms with van der Waals surface area (Å²) >= 11 is 0. The molecular weight excluding hydrogens is 302 g/mol. The lowest BCUT2D eigenvalue weighted by Crippen LogP contribution is -2.36. The van der Waals surface area contributed by atoms with Gasteiger partial charge in [-0.15, -0.1) is 0 Å². The molecule has 1 aliphatic heterocycles. The number of H-pyrrole nitrogens is 1. The van der Waals surface area contributed by atoms with Crippen LogP contribution in [-0.2, 0) is 19.5 Å². The van der Waals surface area contributed by atoms with E-state index in [-0.39, 0.29) is 29.8 Å². The van der Waals surface area contributed by atoms with E-state index < -0.39 is 11.6 Å². The van der Waals surface area contributed by atoms with Gasteiger partial charge in [0.05, 0.1) is 22.9 Å². The van der Waals surface area contributed by atoms with Crippen LogP contribution in [0.4, 0.5) is 8.78 Å². The zero-order valence-electron chi connectivity index (χ0n) is 12.5. The van der Waals surface area contributed by atoms with Crippen molar-refractivity contribution in [1.82, 2.24) is 14.9 Å². The van der Waals surface area contributed by atoms with Crippen molar-refractivity contribution in [1.29, 1.82) is 5.26 Å². The summed E-state index contributed by atoms with van der Waals surface area (Å²) in [5.74, 6) is -0.932. The molecule has 7 heteroatoms. The fraction of sp³-hybridized carbons (Fsp3) is 0.312. The van der Waals surface area contributed by atoms with Gasteiger partial charge in [0, 0.05) is 31.6 Å². The average molecular weight is 316 g/mol. The molecule has 1 aromatic carbocycles. The fourth-order valence-electron chi connectivity index (χ4n) is 2.78. The molecule has 1 aliphatic rings. The molecule has 1 N–H and O–H groups in total. The first-order chi connectivity index (χ1) is 11.0. The normalized spacial score (nSPS) is 14.3. The Kier molecular flexibility index (Phi) is 3.92. The van der Waals surface area contributed by atoms with Crippen LogP contribution in [0.3, 0.4) is 0 Å². The molecule has 5 nitrogen and oxygen atoms in total. The molecule has 0 amide bonds. The van der Waals surface area contributed by atoms with Crippen LogP contribution < -0.4 is 5.56 Å². The molecule has 2 heterocycles. The van der Waals surface area contributed by atoms with Crippen molar-refractivity contribution < 1.29 is 8.78 Å². The second-order valence-electron chi connectivity index (χ2n) is 5.57. The maximum absolute atomic E-state index is 14.0. The molecule has 0 unspecified atom stereocenters. The van der Waals surface area contributed by atoms with Crippen LogP contribution in [0.25, 0.3) is 0 Å². The number of hydrogen-bond donors (Lipinski definition) is 1. The van der Waals surface area contributed by atoms with Crippen LogP contribution in [-0.4, -0.2) is 21.4 Å². The first-order valence-electron chi connectivity index (χ1n) is 7.17. The van der Waals surface area contributed by atoms with E-state index in [4.69, 9.17) is 5.26 Å². The van der Waals surface area contributed by atoms with Crippen LogP contribution in [0.5, 0.6) is 0 Å². The maximum atomic E-state index is 14.0. The van der Waals surface area contributed by atoms with Crippen molar-refractivity contribution in [2.75, 3.05) is 6.54 Å². The second kappa shape index (κ2) is 5.89. The van der Waals surface area contributed by atoms with Gasteiger partial charge in [-0.1, -0.05) is 0 Å². The lowest BCUT2D eigenvalue weighted by Gasteiger charge is -2.27. The van der Waals surface area contributed by atoms with Gasteiger partial charge in [0.2, 0.25) is 0 Å². The Hall–Kier alpha value is -2.59. The Bertz CT molecular complexity index is 846. The number of fused-ring (bicyclic) bond motifs is 1. The SMILES string of the molecule is Cc1nc2c(c(=O)[nH]1)CN(Cc1c(F)cc(C#N)cc1F)CC2. The highest BCUT2D eigenvalue weighted by Crippen LogP contribution is 2.21. The molecule has 0 aliphatic carbocycles. The Labute approximate surface area is 131 Å². The Morgan fingerprint density at radius 2 is 2.09 bits per heavy atom. The number of nitriles is 1. The minimum Gasteiger partial charge on any atom is -0.310 e. The van der Waals surface area contributed by atoms with Gasteiger partial charge in [-0.05, 0) is 19.1 Å². The molecule has 0 atom stereocenters. The first kappa shape index (κ1) is 15.3. The molecule has 118 valence electrons. The molecule has 0 saturated carbocycles. The summed E-state index contributed by atoms with van der Waals surface area (Å²) in [5.41, 5.74) is 0.922. The van der Waals surface area contributed by atoms with Crippen molar-refractivity contribution in [3.63, 3.8) is 0 Å². The average Bonchev–Trinajstić information content (AvgIpc) is 2.51. The van der Waals surface area contributed by atoms with Crippen molar-refractivity contribution in [2.45, 2.75) is 26.4 Å². The monoisotopic (exact) mass is 316 g/mol. The number of nitrogens with zero attached hydrogens (tertiary/aromatic N) is 3. The number of nitrogens with one attached hydrogen (secondary N) is 1. The molecular formula is C16H14F2N4O. The van der Waals surface area contributed by atoms with Gasteiger partial charge in [0.15, 0.2) is 0 Å². The minimum atomic E-state index is -0.747. The summed E-state index contributed by atoms with van der Waals surface area (Å²) in [5, 5.41) is 8.72. The van der Waals surface area contributed by atoms with E-state index >= 15 is 0 Å². The lowest BCUT2D eigenvalue weighted by molar-refractivity contribution is 0.234. The van der Waals surface area contributed by atoms with Crippen LogP contribution in [0, 0.1) is 29.9 Å². The summed E-state index contributed by atoms with van der Waals surface area (Å²) in [4.78, 5) is 20.7. The number of aromatic nitrogens is 2. The van der Waals surface area contributed by atoms with Crippen LogP contribution in [0.15, 0.2) is 16.9 Å². The summed E-state index contributed by atoms with van der Waals surface area (Å²) < 4.78 is 28.0. The molecule has 3 rings (SSSR count). The molecule has 0 bridgehead atoms. The predicted octanol–water partition coefficient (Wildman–Crippen LogP) is 1.79. The van der Waals surface area contributed by atoms with Crippen LogP contribution >= 0.6 is 0 Å². The number of aromatic amines is 1. The van der Waals surface area contributed by atoms with Crippen molar-refractivity contribution in [3.8, 4) is 6.07 Å². The van der Waals surface area contributed by atoms with Gasteiger partial charge in [-0.25, -0.2) is 13.8 Å². The number of benzene rings is 1. The molecule has 1 aromatic heterocycles. The van der Waals surface area contributed by atoms with Gasteiger partial charge in [0.1, 0.15) is 17.5 Å². The quantitative estimate of drug-likeness (QED) is 0.917. The largest absolute Gasteiger partial charge is 0.310 e. The standard InChI is InChI=1S/C16H14F2N4O/c1-9-20-15-2-3-22(8-12(15)16(23)21-9)7-11-13(17)4-10(6-19)5-14(11)18/h4-5H,2-3,7-8H2,1H3,(H,20,21,23). The number of hydrogen-bond acceptors (Lipinski definition) is 4. The van der Waals surface area contributed by atoms with Crippen molar-refractivity contribution >= 4 is 0 Å². The van der Waals surface area contributed by atoms with Gasteiger partial charge in [-0.2, -0.15) is 5.26 Å². The first-order valence-corrected chi connectivity index (χ1v) is 7.17. The molecule has 0 spiro atoms. The minimum absolute atomic E-state index is 0.0378. The Morgan fingerprint density at radius 3 is 2.74 bits per heavy atom. The highest BCUT2D eigenvalue weighted by atomic mass is 19.1. The molecule has 0 saturated heterocycles. The van der Waals surface area contributed by atoms with E-state index in [9.17, 15) is 13.6 Å². The second-order valence-corrected chi connectivity index (χ2v) is 5.57. The zero-order valence-corrected chi connectivity index (χ0v) is 12.5. The Balaban J connectivity index is 1.86. The van der Waals surface area contributed by atoms with E-state index in [0.717, 1.165) is 17.8 Å². The fourth-order valence-corrected chi connectivity index (χ4v) is 2.78. The number of aryl methyl sites for hydroxylation is 1. The van der Waals surface area contributed by atoms with E-state index in [2.05, 4.69) is 9.97 Å². The molecule has 0 radical (unpaired) electrons. The third-order valence-electron chi connectivity index (χ3n) is 3.92. The highest BCUT2D eigenvalue weighted by Gasteiger charge is 2.23. The maximum Gasteiger partial charge on any atom is 0.255 e. The third kappa shape index (κ3) is 2.98. The van der Waals surface area contributed by atoms with E-state index in [1.165, 1.54) is 0 Å².